The highest BCUT2D eigenvalue weighted by Gasteiger charge is 2.10. The maximum absolute atomic E-state index is 13.3. The molecule has 0 fully saturated rings. The van der Waals surface area contributed by atoms with Gasteiger partial charge in [0.15, 0.2) is 5.09 Å². The van der Waals surface area contributed by atoms with Gasteiger partial charge in [0.2, 0.25) is 0 Å². The average Bonchev–Trinajstić information content (AvgIpc) is 2.70. The Hall–Kier alpha value is -1.75. The third-order valence-corrected chi connectivity index (χ3v) is 2.84. The van der Waals surface area contributed by atoms with E-state index in [1.165, 1.54) is 12.1 Å². The minimum Gasteiger partial charge on any atom is -0.478 e. The molecule has 16 heavy (non-hydrogen) atoms. The molecule has 5 heteroatoms. The van der Waals surface area contributed by atoms with Crippen LogP contribution in [-0.4, -0.2) is 11.1 Å². The van der Waals surface area contributed by atoms with E-state index in [4.69, 9.17) is 9.52 Å². The molecule has 0 unspecified atom stereocenters. The van der Waals surface area contributed by atoms with Gasteiger partial charge in [0.25, 0.3) is 0 Å². The van der Waals surface area contributed by atoms with Gasteiger partial charge >= 0.3 is 5.97 Å². The summed E-state index contributed by atoms with van der Waals surface area (Å²) in [5.41, 5.74) is 0.0545. The molecule has 82 valence electrons. The van der Waals surface area contributed by atoms with Crippen LogP contribution in [0.5, 0.6) is 0 Å². The van der Waals surface area contributed by atoms with Crippen molar-refractivity contribution in [3.63, 3.8) is 0 Å². The summed E-state index contributed by atoms with van der Waals surface area (Å²) in [6.07, 6.45) is 1.13. The first-order valence-electron chi connectivity index (χ1n) is 4.41. The minimum atomic E-state index is -1.07. The number of rotatable bonds is 3. The van der Waals surface area contributed by atoms with E-state index in [0.717, 1.165) is 18.0 Å². The van der Waals surface area contributed by atoms with Gasteiger partial charge in [-0.1, -0.05) is 12.1 Å². The summed E-state index contributed by atoms with van der Waals surface area (Å²) in [6.45, 7) is 0. The number of hydrogen-bond acceptors (Lipinski definition) is 3. The predicted molar refractivity (Wildman–Crippen MR) is 56.2 cm³/mol. The van der Waals surface area contributed by atoms with Gasteiger partial charge in [0.1, 0.15) is 12.1 Å². The summed E-state index contributed by atoms with van der Waals surface area (Å²) in [5, 5.41) is 9.03. The highest BCUT2D eigenvalue weighted by molar-refractivity contribution is 7.99. The molecule has 0 saturated heterocycles. The number of furan rings is 1. The number of carbonyl (C=O) groups is 1. The second kappa shape index (κ2) is 4.40. The van der Waals surface area contributed by atoms with Crippen molar-refractivity contribution in [1.29, 1.82) is 0 Å². The normalized spacial score (nSPS) is 10.3. The van der Waals surface area contributed by atoms with Crippen LogP contribution in [-0.2, 0) is 0 Å². The molecule has 0 radical (unpaired) electrons. The van der Waals surface area contributed by atoms with Gasteiger partial charge in [-0.3, -0.25) is 0 Å². The van der Waals surface area contributed by atoms with Crippen molar-refractivity contribution in [3.8, 4) is 0 Å². The Morgan fingerprint density at radius 1 is 1.38 bits per heavy atom. The van der Waals surface area contributed by atoms with Crippen LogP contribution >= 0.6 is 11.8 Å². The average molecular weight is 238 g/mol. The van der Waals surface area contributed by atoms with Crippen molar-refractivity contribution in [2.24, 2.45) is 0 Å². The van der Waals surface area contributed by atoms with E-state index in [1.807, 2.05) is 0 Å². The standard InChI is InChI=1S/C11H7FO3S/c12-8-3-1-2-4-9(8)16-10-5-7(6-15-10)11(13)14/h1-6H,(H,13,14). The fourth-order valence-corrected chi connectivity index (χ4v) is 1.93. The van der Waals surface area contributed by atoms with E-state index in [0.29, 0.717) is 9.99 Å². The molecule has 1 aromatic carbocycles. The van der Waals surface area contributed by atoms with E-state index in [2.05, 4.69) is 0 Å². The largest absolute Gasteiger partial charge is 0.478 e. The Morgan fingerprint density at radius 2 is 2.12 bits per heavy atom. The van der Waals surface area contributed by atoms with Gasteiger partial charge in [-0.2, -0.15) is 0 Å². The second-order valence-electron chi connectivity index (χ2n) is 2.99. The Morgan fingerprint density at radius 3 is 2.75 bits per heavy atom. The first-order valence-corrected chi connectivity index (χ1v) is 5.22. The zero-order valence-electron chi connectivity index (χ0n) is 8.01. The van der Waals surface area contributed by atoms with Crippen LogP contribution in [0.2, 0.25) is 0 Å². The molecule has 0 aliphatic rings. The van der Waals surface area contributed by atoms with Gasteiger partial charge < -0.3 is 9.52 Å². The first kappa shape index (κ1) is 10.8. The number of halogens is 1. The van der Waals surface area contributed by atoms with Crippen molar-refractivity contribution in [3.05, 3.63) is 48.0 Å². The van der Waals surface area contributed by atoms with Gasteiger partial charge in [-0.05, 0) is 23.9 Å². The summed E-state index contributed by atoms with van der Waals surface area (Å²) >= 11 is 1.05. The SMILES string of the molecule is O=C(O)c1coc(Sc2ccccc2F)c1. The number of aromatic carboxylic acids is 1. The van der Waals surface area contributed by atoms with E-state index < -0.39 is 5.97 Å². The Bertz CT molecular complexity index is 521. The lowest BCUT2D eigenvalue weighted by Crippen LogP contribution is -1.91. The lowest BCUT2D eigenvalue weighted by molar-refractivity contribution is 0.0696. The predicted octanol–water partition coefficient (Wildman–Crippen LogP) is 3.27. The molecule has 2 aromatic rings. The molecule has 0 amide bonds. The second-order valence-corrected chi connectivity index (χ2v) is 4.04. The molecule has 2 rings (SSSR count). The molecular formula is C11H7FO3S. The van der Waals surface area contributed by atoms with Crippen LogP contribution in [0.3, 0.4) is 0 Å². The molecule has 0 aliphatic heterocycles. The smallest absolute Gasteiger partial charge is 0.339 e. The number of carboxylic acids is 1. The van der Waals surface area contributed by atoms with Gasteiger partial charge in [0.05, 0.1) is 10.5 Å². The van der Waals surface area contributed by atoms with E-state index in [1.54, 1.807) is 18.2 Å². The lowest BCUT2D eigenvalue weighted by atomic mass is 10.3. The Balaban J connectivity index is 2.21. The van der Waals surface area contributed by atoms with E-state index in [-0.39, 0.29) is 11.4 Å². The molecule has 1 heterocycles. The Labute approximate surface area is 94.9 Å². The molecule has 0 bridgehead atoms. The minimum absolute atomic E-state index is 0.0545. The van der Waals surface area contributed by atoms with Gasteiger partial charge in [-0.25, -0.2) is 9.18 Å². The van der Waals surface area contributed by atoms with Gasteiger partial charge in [0, 0.05) is 6.07 Å². The maximum atomic E-state index is 13.3. The quantitative estimate of drug-likeness (QED) is 0.891. The van der Waals surface area contributed by atoms with Crippen LogP contribution in [0.15, 0.2) is 51.0 Å². The molecule has 0 atom stereocenters. The molecule has 0 saturated carbocycles. The van der Waals surface area contributed by atoms with E-state index >= 15 is 0 Å². The topological polar surface area (TPSA) is 50.4 Å². The number of carboxylic acid groups (broad SMARTS) is 1. The highest BCUT2D eigenvalue weighted by Crippen LogP contribution is 2.30. The van der Waals surface area contributed by atoms with Gasteiger partial charge in [-0.15, -0.1) is 0 Å². The highest BCUT2D eigenvalue weighted by atomic mass is 32.2. The van der Waals surface area contributed by atoms with Crippen LogP contribution < -0.4 is 0 Å². The van der Waals surface area contributed by atoms with Crippen molar-refractivity contribution >= 4 is 17.7 Å². The third kappa shape index (κ3) is 2.25. The van der Waals surface area contributed by atoms with Crippen LogP contribution in [0.25, 0.3) is 0 Å². The monoisotopic (exact) mass is 238 g/mol. The molecule has 3 nitrogen and oxygen atoms in total. The third-order valence-electron chi connectivity index (χ3n) is 1.87. The summed E-state index contributed by atoms with van der Waals surface area (Å²) in [4.78, 5) is 11.0. The number of hydrogen-bond donors (Lipinski definition) is 1. The molecule has 1 aromatic heterocycles. The van der Waals surface area contributed by atoms with Crippen LogP contribution in [0.1, 0.15) is 10.4 Å². The van der Waals surface area contributed by atoms with Crippen molar-refractivity contribution in [2.75, 3.05) is 0 Å². The van der Waals surface area contributed by atoms with Crippen LogP contribution in [0.4, 0.5) is 4.39 Å². The first-order chi connectivity index (χ1) is 7.66. The zero-order chi connectivity index (χ0) is 11.5. The summed E-state index contributed by atoms with van der Waals surface area (Å²) < 4.78 is 18.3. The molecule has 1 N–H and O–H groups in total. The lowest BCUT2D eigenvalue weighted by Gasteiger charge is -1.98. The maximum Gasteiger partial charge on any atom is 0.339 e. The van der Waals surface area contributed by atoms with Crippen molar-refractivity contribution < 1.29 is 18.7 Å². The summed E-state index contributed by atoms with van der Waals surface area (Å²) in [6, 6.07) is 7.59. The molecular weight excluding hydrogens is 231 g/mol. The van der Waals surface area contributed by atoms with Crippen molar-refractivity contribution in [2.45, 2.75) is 9.99 Å². The molecule has 0 aliphatic carbocycles. The zero-order valence-corrected chi connectivity index (χ0v) is 8.83. The van der Waals surface area contributed by atoms with Crippen molar-refractivity contribution in [1.82, 2.24) is 0 Å². The summed E-state index contributed by atoms with van der Waals surface area (Å²) in [7, 11) is 0. The molecule has 0 spiro atoms. The van der Waals surface area contributed by atoms with E-state index in [9.17, 15) is 9.18 Å². The Kier molecular flexibility index (Phi) is 2.96. The van der Waals surface area contributed by atoms with Crippen LogP contribution in [0, 0.1) is 5.82 Å². The summed E-state index contributed by atoms with van der Waals surface area (Å²) in [5.74, 6) is -1.43. The fraction of sp³-hybridized carbons (Fsp3) is 0. The fourth-order valence-electron chi connectivity index (χ4n) is 1.12. The number of benzene rings is 1.